The van der Waals surface area contributed by atoms with Crippen molar-refractivity contribution in [3.05, 3.63) is 0 Å². The number of piperidine rings is 1. The van der Waals surface area contributed by atoms with Crippen molar-refractivity contribution in [2.24, 2.45) is 5.92 Å². The summed E-state index contributed by atoms with van der Waals surface area (Å²) in [5.74, 6) is -0.678. The van der Waals surface area contributed by atoms with Gasteiger partial charge in [0.05, 0.1) is 25.0 Å². The third kappa shape index (κ3) is 2.78. The van der Waals surface area contributed by atoms with Crippen LogP contribution in [-0.4, -0.2) is 60.4 Å². The maximum Gasteiger partial charge on any atom is 0.310 e. The van der Waals surface area contributed by atoms with E-state index in [1.165, 1.54) is 11.9 Å². The Kier molecular flexibility index (Phi) is 4.19. The van der Waals surface area contributed by atoms with Crippen LogP contribution in [0.5, 0.6) is 0 Å². The molecule has 0 saturated carbocycles. The van der Waals surface area contributed by atoms with Crippen LogP contribution in [0.2, 0.25) is 0 Å². The van der Waals surface area contributed by atoms with Crippen LogP contribution < -0.4 is 0 Å². The van der Waals surface area contributed by atoms with E-state index in [9.17, 15) is 14.4 Å². The van der Waals surface area contributed by atoms with E-state index in [1.807, 2.05) is 4.90 Å². The highest BCUT2D eigenvalue weighted by molar-refractivity contribution is 6.05. The van der Waals surface area contributed by atoms with E-state index in [2.05, 4.69) is 0 Å². The Balaban J connectivity index is 2.00. The average molecular weight is 268 g/mol. The second-order valence-electron chi connectivity index (χ2n) is 5.10. The number of hydrogen-bond donors (Lipinski definition) is 0. The summed E-state index contributed by atoms with van der Waals surface area (Å²) in [4.78, 5) is 38.4. The molecule has 0 aromatic heterocycles. The topological polar surface area (TPSA) is 66.9 Å². The maximum atomic E-state index is 12.0. The summed E-state index contributed by atoms with van der Waals surface area (Å²) >= 11 is 0. The molecular formula is C13H20N2O4. The molecule has 0 bridgehead atoms. The Morgan fingerprint density at radius 1 is 1.42 bits per heavy atom. The second kappa shape index (κ2) is 5.69. The first kappa shape index (κ1) is 14.0. The molecule has 0 aromatic rings. The van der Waals surface area contributed by atoms with Gasteiger partial charge in [-0.05, 0) is 26.3 Å². The molecule has 2 unspecified atom stereocenters. The highest BCUT2D eigenvalue weighted by Crippen LogP contribution is 2.24. The number of rotatable bonds is 3. The normalized spacial score (nSPS) is 28.8. The molecule has 0 spiro atoms. The third-order valence-corrected chi connectivity index (χ3v) is 3.87. The Morgan fingerprint density at radius 3 is 2.74 bits per heavy atom. The highest BCUT2D eigenvalue weighted by Gasteiger charge is 2.42. The fourth-order valence-corrected chi connectivity index (χ4v) is 2.76. The molecule has 0 radical (unpaired) electrons. The molecule has 2 saturated heterocycles. The zero-order valence-corrected chi connectivity index (χ0v) is 11.4. The third-order valence-electron chi connectivity index (χ3n) is 3.87. The molecular weight excluding hydrogens is 248 g/mol. The number of nitrogens with zero attached hydrogens (tertiary/aromatic N) is 2. The largest absolute Gasteiger partial charge is 0.466 e. The molecule has 2 heterocycles. The number of hydrogen-bond acceptors (Lipinski definition) is 5. The smallest absolute Gasteiger partial charge is 0.310 e. The fourth-order valence-electron chi connectivity index (χ4n) is 2.76. The van der Waals surface area contributed by atoms with Gasteiger partial charge in [0.1, 0.15) is 0 Å². The van der Waals surface area contributed by atoms with Gasteiger partial charge in [-0.25, -0.2) is 0 Å². The van der Waals surface area contributed by atoms with Crippen LogP contribution in [0.25, 0.3) is 0 Å². The van der Waals surface area contributed by atoms with Gasteiger partial charge in [-0.1, -0.05) is 0 Å². The summed E-state index contributed by atoms with van der Waals surface area (Å²) in [7, 11) is 1.51. The molecule has 0 aliphatic carbocycles. The van der Waals surface area contributed by atoms with Gasteiger partial charge in [-0.3, -0.25) is 24.2 Å². The first-order chi connectivity index (χ1) is 9.04. The standard InChI is InChI=1S/C13H20N2O4/c1-3-19-13(18)9-5-4-6-15(8-9)10-7-11(16)14(2)12(10)17/h9-10H,3-8H2,1-2H3. The first-order valence-electron chi connectivity index (χ1n) is 6.75. The van der Waals surface area contributed by atoms with Crippen LogP contribution in [0.4, 0.5) is 0 Å². The predicted octanol–water partition coefficient (Wildman–Crippen LogP) is 0.0188. The van der Waals surface area contributed by atoms with E-state index < -0.39 is 6.04 Å². The lowest BCUT2D eigenvalue weighted by atomic mass is 9.96. The molecule has 2 fully saturated rings. The molecule has 2 amide bonds. The molecule has 6 heteroatoms. The minimum atomic E-state index is -0.394. The van der Waals surface area contributed by atoms with Gasteiger partial charge in [0.25, 0.3) is 0 Å². The number of likely N-dealkylation sites (tertiary alicyclic amines) is 2. The Morgan fingerprint density at radius 2 is 2.16 bits per heavy atom. The summed E-state index contributed by atoms with van der Waals surface area (Å²) in [6.45, 7) is 3.43. The Bertz CT molecular complexity index is 396. The van der Waals surface area contributed by atoms with Crippen molar-refractivity contribution in [3.63, 3.8) is 0 Å². The number of carbonyl (C=O) groups is 3. The van der Waals surface area contributed by atoms with E-state index >= 15 is 0 Å². The molecule has 2 aliphatic rings. The lowest BCUT2D eigenvalue weighted by Gasteiger charge is -2.34. The van der Waals surface area contributed by atoms with E-state index in [0.29, 0.717) is 13.2 Å². The molecule has 0 aromatic carbocycles. The monoisotopic (exact) mass is 268 g/mol. The van der Waals surface area contributed by atoms with Crippen LogP contribution in [-0.2, 0) is 19.1 Å². The average Bonchev–Trinajstić information content (AvgIpc) is 2.67. The van der Waals surface area contributed by atoms with Crippen LogP contribution in [0.3, 0.4) is 0 Å². The van der Waals surface area contributed by atoms with Crippen molar-refractivity contribution < 1.29 is 19.1 Å². The fraction of sp³-hybridized carbons (Fsp3) is 0.769. The zero-order valence-electron chi connectivity index (χ0n) is 11.4. The number of likely N-dealkylation sites (N-methyl/N-ethyl adjacent to an activating group) is 1. The van der Waals surface area contributed by atoms with Crippen molar-refractivity contribution in [2.75, 3.05) is 26.7 Å². The molecule has 106 valence electrons. The number of ether oxygens (including phenoxy) is 1. The van der Waals surface area contributed by atoms with Gasteiger partial charge >= 0.3 is 5.97 Å². The van der Waals surface area contributed by atoms with Gasteiger partial charge in [-0.15, -0.1) is 0 Å². The second-order valence-corrected chi connectivity index (χ2v) is 5.10. The molecule has 2 atom stereocenters. The van der Waals surface area contributed by atoms with Crippen molar-refractivity contribution in [1.82, 2.24) is 9.80 Å². The van der Waals surface area contributed by atoms with Gasteiger partial charge in [0.15, 0.2) is 0 Å². The minimum absolute atomic E-state index is 0.145. The minimum Gasteiger partial charge on any atom is -0.466 e. The van der Waals surface area contributed by atoms with Crippen molar-refractivity contribution in [3.8, 4) is 0 Å². The summed E-state index contributed by atoms with van der Waals surface area (Å²) in [5.41, 5.74) is 0. The van der Waals surface area contributed by atoms with Gasteiger partial charge in [0.2, 0.25) is 11.8 Å². The molecule has 0 N–H and O–H groups in total. The number of esters is 1. The summed E-state index contributed by atoms with van der Waals surface area (Å²) in [6, 6.07) is -0.394. The first-order valence-corrected chi connectivity index (χ1v) is 6.75. The number of amides is 2. The number of imide groups is 1. The summed E-state index contributed by atoms with van der Waals surface area (Å²) < 4.78 is 5.03. The van der Waals surface area contributed by atoms with E-state index in [1.54, 1.807) is 6.92 Å². The lowest BCUT2D eigenvalue weighted by Crippen LogP contribution is -2.48. The molecule has 2 rings (SSSR count). The van der Waals surface area contributed by atoms with Crippen LogP contribution in [0.1, 0.15) is 26.2 Å². The lowest BCUT2D eigenvalue weighted by molar-refractivity contribution is -0.151. The van der Waals surface area contributed by atoms with Crippen molar-refractivity contribution in [2.45, 2.75) is 32.2 Å². The SMILES string of the molecule is CCOC(=O)C1CCCN(C2CC(=O)N(C)C2=O)C1. The maximum absolute atomic E-state index is 12.0. The Hall–Kier alpha value is -1.43. The van der Waals surface area contributed by atoms with Crippen molar-refractivity contribution in [1.29, 1.82) is 0 Å². The van der Waals surface area contributed by atoms with Crippen LogP contribution in [0, 0.1) is 5.92 Å². The highest BCUT2D eigenvalue weighted by atomic mass is 16.5. The number of carbonyl (C=O) groups excluding carboxylic acids is 3. The zero-order chi connectivity index (χ0) is 14.0. The van der Waals surface area contributed by atoms with Gasteiger partial charge < -0.3 is 4.74 Å². The van der Waals surface area contributed by atoms with E-state index in [0.717, 1.165) is 19.4 Å². The quantitative estimate of drug-likeness (QED) is 0.533. The molecule has 19 heavy (non-hydrogen) atoms. The van der Waals surface area contributed by atoms with Gasteiger partial charge in [-0.2, -0.15) is 0 Å². The molecule has 2 aliphatic heterocycles. The molecule has 6 nitrogen and oxygen atoms in total. The van der Waals surface area contributed by atoms with E-state index in [-0.39, 0.29) is 30.1 Å². The van der Waals surface area contributed by atoms with Crippen LogP contribution >= 0.6 is 0 Å². The summed E-state index contributed by atoms with van der Waals surface area (Å²) in [6.07, 6.45) is 1.87. The van der Waals surface area contributed by atoms with Gasteiger partial charge in [0, 0.05) is 13.6 Å². The van der Waals surface area contributed by atoms with Crippen molar-refractivity contribution >= 4 is 17.8 Å². The predicted molar refractivity (Wildman–Crippen MR) is 67.1 cm³/mol. The van der Waals surface area contributed by atoms with E-state index in [4.69, 9.17) is 4.74 Å². The Labute approximate surface area is 112 Å². The summed E-state index contributed by atoms with van der Waals surface area (Å²) in [5, 5.41) is 0. The van der Waals surface area contributed by atoms with Crippen LogP contribution in [0.15, 0.2) is 0 Å².